The van der Waals surface area contributed by atoms with Gasteiger partial charge in [-0.3, -0.25) is 4.98 Å². The third-order valence-corrected chi connectivity index (χ3v) is 4.36. The zero-order valence-corrected chi connectivity index (χ0v) is 11.6. The Kier molecular flexibility index (Phi) is 2.63. The molecular formula is C15H17N5O. The van der Waals surface area contributed by atoms with Gasteiger partial charge in [-0.05, 0) is 24.3 Å². The van der Waals surface area contributed by atoms with E-state index in [0.29, 0.717) is 0 Å². The lowest BCUT2D eigenvalue weighted by Crippen LogP contribution is -2.52. The van der Waals surface area contributed by atoms with Crippen molar-refractivity contribution in [1.29, 1.82) is 0 Å². The highest BCUT2D eigenvalue weighted by atomic mass is 16.2. The predicted molar refractivity (Wildman–Crippen MR) is 82.3 cm³/mol. The molecule has 6 nitrogen and oxygen atoms in total. The van der Waals surface area contributed by atoms with Crippen molar-refractivity contribution < 1.29 is 4.79 Å². The molecule has 1 aromatic carbocycles. The molecule has 2 aromatic rings. The van der Waals surface area contributed by atoms with E-state index in [1.807, 2.05) is 29.2 Å². The normalized spacial score (nSPS) is 21.5. The summed E-state index contributed by atoms with van der Waals surface area (Å²) in [5.74, 6) is 0. The van der Waals surface area contributed by atoms with Gasteiger partial charge in [0.05, 0.1) is 17.2 Å². The number of nitrogens with two attached hydrogens (primary N) is 1. The van der Waals surface area contributed by atoms with Crippen LogP contribution >= 0.6 is 0 Å². The van der Waals surface area contributed by atoms with Gasteiger partial charge in [0, 0.05) is 43.4 Å². The number of carbonyl (C=O) groups is 1. The summed E-state index contributed by atoms with van der Waals surface area (Å²) in [6, 6.07) is 8.16. The lowest BCUT2D eigenvalue weighted by molar-refractivity contribution is 0.198. The smallest absolute Gasteiger partial charge is 0.317 e. The summed E-state index contributed by atoms with van der Waals surface area (Å²) in [5.41, 5.74) is 8.81. The number of benzene rings is 1. The van der Waals surface area contributed by atoms with E-state index >= 15 is 0 Å². The Morgan fingerprint density at radius 1 is 1.29 bits per heavy atom. The maximum Gasteiger partial charge on any atom is 0.317 e. The Bertz CT molecular complexity index is 716. The van der Waals surface area contributed by atoms with Gasteiger partial charge in [-0.25, -0.2) is 4.79 Å². The third-order valence-electron chi connectivity index (χ3n) is 4.36. The van der Waals surface area contributed by atoms with Gasteiger partial charge in [0.2, 0.25) is 0 Å². The average Bonchev–Trinajstić information content (AvgIpc) is 2.89. The predicted octanol–water partition coefficient (Wildman–Crippen LogP) is 1.03. The number of urea groups is 1. The van der Waals surface area contributed by atoms with E-state index in [2.05, 4.69) is 15.2 Å². The maximum absolute atomic E-state index is 11.7. The van der Waals surface area contributed by atoms with Crippen molar-refractivity contribution in [3.63, 3.8) is 0 Å². The highest BCUT2D eigenvalue weighted by Gasteiger charge is 2.35. The molecule has 6 heteroatoms. The van der Waals surface area contributed by atoms with Gasteiger partial charge in [0.25, 0.3) is 0 Å². The first-order valence-corrected chi connectivity index (χ1v) is 7.16. The van der Waals surface area contributed by atoms with Crippen LogP contribution in [0.5, 0.6) is 0 Å². The van der Waals surface area contributed by atoms with Crippen molar-refractivity contribution in [2.75, 3.05) is 36.8 Å². The Balaban J connectivity index is 1.71. The molecule has 2 aliphatic rings. The number of nitrogen functional groups attached to an aromatic ring is 1. The number of fused-ring (bicyclic) bond motifs is 2. The largest absolute Gasteiger partial charge is 0.398 e. The molecule has 3 N–H and O–H groups in total. The fourth-order valence-electron chi connectivity index (χ4n) is 3.26. The summed E-state index contributed by atoms with van der Waals surface area (Å²) in [6.45, 7) is 3.11. The average molecular weight is 283 g/mol. The number of hydrogen-bond donors (Lipinski definition) is 2. The fraction of sp³-hybridized carbons (Fsp3) is 0.333. The van der Waals surface area contributed by atoms with Crippen LogP contribution < -0.4 is 16.0 Å². The molecule has 4 rings (SSSR count). The van der Waals surface area contributed by atoms with Crippen LogP contribution in [-0.2, 0) is 0 Å². The number of nitrogens with one attached hydrogen (secondary N) is 1. The summed E-state index contributed by atoms with van der Waals surface area (Å²) in [4.78, 5) is 20.4. The van der Waals surface area contributed by atoms with Gasteiger partial charge < -0.3 is 20.9 Å². The molecule has 0 bridgehead atoms. The minimum atomic E-state index is 0.0555. The third kappa shape index (κ3) is 1.86. The van der Waals surface area contributed by atoms with Crippen LogP contribution in [0.25, 0.3) is 10.9 Å². The standard InChI is InChI=1S/C15H17N5O/c16-12-3-4-13(14-11(12)2-1-5-17-14)19-6-7-20-10(9-19)8-18-15(20)21/h1-5,10H,6-9,16H2,(H,18,21). The van der Waals surface area contributed by atoms with E-state index in [1.165, 1.54) is 0 Å². The minimum Gasteiger partial charge on any atom is -0.398 e. The van der Waals surface area contributed by atoms with Crippen molar-refractivity contribution in [2.24, 2.45) is 0 Å². The number of pyridine rings is 1. The van der Waals surface area contributed by atoms with Crippen LogP contribution in [0, 0.1) is 0 Å². The van der Waals surface area contributed by atoms with E-state index in [4.69, 9.17) is 5.73 Å². The lowest BCUT2D eigenvalue weighted by atomic mass is 10.1. The van der Waals surface area contributed by atoms with E-state index in [9.17, 15) is 4.79 Å². The molecule has 2 fully saturated rings. The molecule has 2 saturated heterocycles. The number of nitrogens with zero attached hydrogens (tertiary/aromatic N) is 3. The molecule has 2 aliphatic heterocycles. The van der Waals surface area contributed by atoms with Gasteiger partial charge >= 0.3 is 6.03 Å². The molecule has 2 amide bonds. The molecule has 1 atom stereocenters. The topological polar surface area (TPSA) is 74.5 Å². The molecule has 21 heavy (non-hydrogen) atoms. The Labute approximate surface area is 122 Å². The van der Waals surface area contributed by atoms with Crippen LogP contribution in [-0.4, -0.2) is 48.1 Å². The molecule has 3 heterocycles. The second-order valence-corrected chi connectivity index (χ2v) is 5.55. The van der Waals surface area contributed by atoms with Gasteiger partial charge in [0.1, 0.15) is 0 Å². The summed E-state index contributed by atoms with van der Waals surface area (Å²) in [5, 5.41) is 3.89. The molecular weight excluding hydrogens is 266 g/mol. The molecule has 108 valence electrons. The molecule has 0 radical (unpaired) electrons. The van der Waals surface area contributed by atoms with Crippen molar-refractivity contribution in [1.82, 2.24) is 15.2 Å². The van der Waals surface area contributed by atoms with Gasteiger partial charge in [-0.2, -0.15) is 0 Å². The lowest BCUT2D eigenvalue weighted by Gasteiger charge is -2.38. The Hall–Kier alpha value is -2.50. The monoisotopic (exact) mass is 283 g/mol. The summed E-state index contributed by atoms with van der Waals surface area (Å²) >= 11 is 0. The van der Waals surface area contributed by atoms with E-state index in [-0.39, 0.29) is 12.1 Å². The number of aromatic nitrogens is 1. The summed E-state index contributed by atoms with van der Waals surface area (Å²) in [6.07, 6.45) is 1.79. The quantitative estimate of drug-likeness (QED) is 0.767. The van der Waals surface area contributed by atoms with Crippen LogP contribution in [0.1, 0.15) is 0 Å². The number of hydrogen-bond acceptors (Lipinski definition) is 4. The highest BCUT2D eigenvalue weighted by Crippen LogP contribution is 2.30. The fourth-order valence-corrected chi connectivity index (χ4v) is 3.26. The molecule has 1 aromatic heterocycles. The first kappa shape index (κ1) is 12.3. The van der Waals surface area contributed by atoms with Crippen LogP contribution in [0.2, 0.25) is 0 Å². The van der Waals surface area contributed by atoms with Crippen molar-refractivity contribution in [3.8, 4) is 0 Å². The van der Waals surface area contributed by atoms with E-state index in [0.717, 1.165) is 48.5 Å². The minimum absolute atomic E-state index is 0.0555. The number of piperazine rings is 1. The first-order valence-electron chi connectivity index (χ1n) is 7.16. The van der Waals surface area contributed by atoms with Crippen molar-refractivity contribution in [3.05, 3.63) is 30.5 Å². The van der Waals surface area contributed by atoms with Gasteiger partial charge in [-0.15, -0.1) is 0 Å². The molecule has 0 saturated carbocycles. The van der Waals surface area contributed by atoms with Gasteiger partial charge in [0.15, 0.2) is 0 Å². The van der Waals surface area contributed by atoms with E-state index in [1.54, 1.807) is 6.20 Å². The van der Waals surface area contributed by atoms with Crippen LogP contribution in [0.15, 0.2) is 30.5 Å². The van der Waals surface area contributed by atoms with Crippen LogP contribution in [0.4, 0.5) is 16.2 Å². The zero-order valence-electron chi connectivity index (χ0n) is 11.6. The molecule has 1 unspecified atom stereocenters. The molecule has 0 spiro atoms. The summed E-state index contributed by atoms with van der Waals surface area (Å²) < 4.78 is 0. The number of anilines is 2. The highest BCUT2D eigenvalue weighted by molar-refractivity contribution is 5.98. The Morgan fingerprint density at radius 3 is 3.10 bits per heavy atom. The van der Waals surface area contributed by atoms with Crippen molar-refractivity contribution in [2.45, 2.75) is 6.04 Å². The summed E-state index contributed by atoms with van der Waals surface area (Å²) in [7, 11) is 0. The van der Waals surface area contributed by atoms with Crippen LogP contribution in [0.3, 0.4) is 0 Å². The zero-order chi connectivity index (χ0) is 14.4. The van der Waals surface area contributed by atoms with E-state index < -0.39 is 0 Å². The number of carbonyl (C=O) groups excluding carboxylic acids is 1. The molecule has 0 aliphatic carbocycles. The SMILES string of the molecule is Nc1ccc(N2CCN3C(=O)NCC3C2)c2ncccc12. The van der Waals surface area contributed by atoms with Gasteiger partial charge in [-0.1, -0.05) is 0 Å². The number of amides is 2. The Morgan fingerprint density at radius 2 is 2.19 bits per heavy atom. The second-order valence-electron chi connectivity index (χ2n) is 5.55. The number of rotatable bonds is 1. The second kappa shape index (κ2) is 4.51. The van der Waals surface area contributed by atoms with Crippen molar-refractivity contribution >= 4 is 28.3 Å². The maximum atomic E-state index is 11.7. The first-order chi connectivity index (χ1) is 10.2.